The number of aromatic hydroxyl groups is 1. The summed E-state index contributed by atoms with van der Waals surface area (Å²) in [6.07, 6.45) is 5.35. The van der Waals surface area contributed by atoms with E-state index in [1.165, 1.54) is 24.8 Å². The van der Waals surface area contributed by atoms with Crippen LogP contribution >= 0.6 is 0 Å². The van der Waals surface area contributed by atoms with E-state index in [-0.39, 0.29) is 5.91 Å². The molecule has 1 N–H and O–H groups in total. The molecule has 0 saturated heterocycles. The molecule has 1 aromatic carbocycles. The van der Waals surface area contributed by atoms with Crippen LogP contribution in [-0.4, -0.2) is 22.5 Å². The maximum atomic E-state index is 12.2. The maximum Gasteiger partial charge on any atom is 0.223 e. The van der Waals surface area contributed by atoms with Gasteiger partial charge in [-0.15, -0.1) is 0 Å². The number of carbonyl (C=O) groups excluding carboxylic acids is 1. The van der Waals surface area contributed by atoms with Crippen molar-refractivity contribution in [2.24, 2.45) is 5.92 Å². The van der Waals surface area contributed by atoms with Gasteiger partial charge >= 0.3 is 0 Å². The van der Waals surface area contributed by atoms with E-state index in [4.69, 9.17) is 0 Å². The molecule has 0 atom stereocenters. The van der Waals surface area contributed by atoms with Gasteiger partial charge in [-0.3, -0.25) is 4.79 Å². The highest BCUT2D eigenvalue weighted by molar-refractivity contribution is 5.77. The van der Waals surface area contributed by atoms with E-state index in [9.17, 15) is 9.90 Å². The van der Waals surface area contributed by atoms with Crippen LogP contribution in [0.25, 0.3) is 0 Å². The summed E-state index contributed by atoms with van der Waals surface area (Å²) in [6.45, 7) is 1.48. The van der Waals surface area contributed by atoms with Gasteiger partial charge in [0.15, 0.2) is 0 Å². The molecule has 1 aliphatic carbocycles. The number of hydrogen-bond donors (Lipinski definition) is 1. The summed E-state index contributed by atoms with van der Waals surface area (Å²) in [6, 6.07) is 5.49. The monoisotopic (exact) mass is 245 g/mol. The second kappa shape index (κ2) is 4.63. The van der Waals surface area contributed by atoms with Crippen molar-refractivity contribution in [2.45, 2.75) is 38.6 Å². The van der Waals surface area contributed by atoms with E-state index >= 15 is 0 Å². The highest BCUT2D eigenvalue weighted by Gasteiger charge is 2.26. The van der Waals surface area contributed by atoms with Gasteiger partial charge in [0.05, 0.1) is 0 Å². The summed E-state index contributed by atoms with van der Waals surface area (Å²) in [5.41, 5.74) is 2.36. The average Bonchev–Trinajstić information content (AvgIpc) is 2.32. The lowest BCUT2D eigenvalue weighted by Crippen LogP contribution is -2.37. The van der Waals surface area contributed by atoms with E-state index < -0.39 is 0 Å². The number of phenols is 1. The molecule has 1 aromatic rings. The Bertz CT molecular complexity index is 466. The molecule has 0 bridgehead atoms. The van der Waals surface area contributed by atoms with Crippen molar-refractivity contribution in [2.75, 3.05) is 6.54 Å². The van der Waals surface area contributed by atoms with Crippen LogP contribution in [0.1, 0.15) is 36.8 Å². The van der Waals surface area contributed by atoms with Gasteiger partial charge in [-0.1, -0.05) is 12.5 Å². The third-order valence-corrected chi connectivity index (χ3v) is 4.24. The molecule has 1 saturated carbocycles. The summed E-state index contributed by atoms with van der Waals surface area (Å²) in [5.74, 6) is 1.21. The lowest BCUT2D eigenvalue weighted by Gasteiger charge is -2.32. The zero-order chi connectivity index (χ0) is 12.5. The third kappa shape index (κ3) is 2.22. The van der Waals surface area contributed by atoms with Crippen LogP contribution in [0, 0.1) is 5.92 Å². The topological polar surface area (TPSA) is 40.5 Å². The van der Waals surface area contributed by atoms with E-state index in [0.29, 0.717) is 24.6 Å². The van der Waals surface area contributed by atoms with Crippen molar-refractivity contribution in [3.05, 3.63) is 29.3 Å². The van der Waals surface area contributed by atoms with E-state index in [1.54, 1.807) is 12.1 Å². The normalized spacial score (nSPS) is 19.2. The first-order valence-corrected chi connectivity index (χ1v) is 6.81. The summed E-state index contributed by atoms with van der Waals surface area (Å²) < 4.78 is 0. The lowest BCUT2D eigenvalue weighted by molar-refractivity contribution is -0.133. The first kappa shape index (κ1) is 11.6. The third-order valence-electron chi connectivity index (χ3n) is 4.24. The molecule has 0 spiro atoms. The number of rotatable bonds is 2. The first-order valence-electron chi connectivity index (χ1n) is 6.81. The van der Waals surface area contributed by atoms with Gasteiger partial charge in [-0.2, -0.15) is 0 Å². The Morgan fingerprint density at radius 2 is 2.17 bits per heavy atom. The summed E-state index contributed by atoms with van der Waals surface area (Å²) in [4.78, 5) is 14.1. The van der Waals surface area contributed by atoms with Crippen LogP contribution in [0.3, 0.4) is 0 Å². The number of phenolic OH excluding ortho intramolecular Hbond substituents is 1. The van der Waals surface area contributed by atoms with Crippen molar-refractivity contribution in [3.8, 4) is 5.75 Å². The largest absolute Gasteiger partial charge is 0.508 e. The molecular formula is C15H19NO2. The molecule has 96 valence electrons. The minimum absolute atomic E-state index is 0.286. The summed E-state index contributed by atoms with van der Waals surface area (Å²) >= 11 is 0. The van der Waals surface area contributed by atoms with Gasteiger partial charge in [-0.05, 0) is 48.4 Å². The molecule has 0 unspecified atom stereocenters. The smallest absolute Gasteiger partial charge is 0.223 e. The molecule has 3 rings (SSSR count). The number of fused-ring (bicyclic) bond motifs is 1. The zero-order valence-corrected chi connectivity index (χ0v) is 10.6. The summed E-state index contributed by atoms with van der Waals surface area (Å²) in [5, 5.41) is 9.50. The SMILES string of the molecule is O=C(CC1CCC1)N1CCc2ccc(O)cc2C1. The molecule has 0 radical (unpaired) electrons. The lowest BCUT2D eigenvalue weighted by atomic mass is 9.82. The van der Waals surface area contributed by atoms with Crippen molar-refractivity contribution >= 4 is 5.91 Å². The van der Waals surface area contributed by atoms with Crippen LogP contribution in [0.4, 0.5) is 0 Å². The molecule has 1 aliphatic heterocycles. The van der Waals surface area contributed by atoms with Gasteiger partial charge in [0, 0.05) is 19.5 Å². The Morgan fingerprint density at radius 1 is 1.33 bits per heavy atom. The van der Waals surface area contributed by atoms with E-state index in [2.05, 4.69) is 0 Å². The molecule has 3 nitrogen and oxygen atoms in total. The van der Waals surface area contributed by atoms with Crippen LogP contribution in [0.2, 0.25) is 0 Å². The predicted molar refractivity (Wildman–Crippen MR) is 69.2 cm³/mol. The number of nitrogens with zero attached hydrogens (tertiary/aromatic N) is 1. The van der Waals surface area contributed by atoms with Gasteiger partial charge in [-0.25, -0.2) is 0 Å². The zero-order valence-electron chi connectivity index (χ0n) is 10.6. The summed E-state index contributed by atoms with van der Waals surface area (Å²) in [7, 11) is 0. The Labute approximate surface area is 107 Å². The Kier molecular flexibility index (Phi) is 2.98. The Hall–Kier alpha value is -1.51. The predicted octanol–water partition coefficient (Wildman–Crippen LogP) is 2.47. The molecular weight excluding hydrogens is 226 g/mol. The fraction of sp³-hybridized carbons (Fsp3) is 0.533. The van der Waals surface area contributed by atoms with Gasteiger partial charge in [0.1, 0.15) is 5.75 Å². The van der Waals surface area contributed by atoms with Gasteiger partial charge in [0.25, 0.3) is 0 Å². The van der Waals surface area contributed by atoms with E-state index in [1.807, 2.05) is 11.0 Å². The number of hydrogen-bond acceptors (Lipinski definition) is 2. The van der Waals surface area contributed by atoms with Crippen molar-refractivity contribution in [3.63, 3.8) is 0 Å². The van der Waals surface area contributed by atoms with Crippen LogP contribution in [0.5, 0.6) is 5.75 Å². The molecule has 2 aliphatic rings. The second-order valence-corrected chi connectivity index (χ2v) is 5.52. The number of benzene rings is 1. The average molecular weight is 245 g/mol. The minimum Gasteiger partial charge on any atom is -0.508 e. The molecule has 1 fully saturated rings. The van der Waals surface area contributed by atoms with Crippen LogP contribution in [-0.2, 0) is 17.8 Å². The highest BCUT2D eigenvalue weighted by atomic mass is 16.3. The molecule has 3 heteroatoms. The van der Waals surface area contributed by atoms with Gasteiger partial charge in [0.2, 0.25) is 5.91 Å². The molecule has 1 amide bonds. The minimum atomic E-state index is 0.286. The second-order valence-electron chi connectivity index (χ2n) is 5.52. The Morgan fingerprint density at radius 3 is 2.89 bits per heavy atom. The van der Waals surface area contributed by atoms with Crippen LogP contribution < -0.4 is 0 Å². The molecule has 1 heterocycles. The number of amides is 1. The van der Waals surface area contributed by atoms with Crippen molar-refractivity contribution in [1.29, 1.82) is 0 Å². The van der Waals surface area contributed by atoms with Crippen LogP contribution in [0.15, 0.2) is 18.2 Å². The maximum absolute atomic E-state index is 12.2. The Balaban J connectivity index is 1.67. The number of carbonyl (C=O) groups is 1. The van der Waals surface area contributed by atoms with Gasteiger partial charge < -0.3 is 10.0 Å². The highest BCUT2D eigenvalue weighted by Crippen LogP contribution is 2.31. The van der Waals surface area contributed by atoms with Crippen molar-refractivity contribution in [1.82, 2.24) is 4.90 Å². The quantitative estimate of drug-likeness (QED) is 0.869. The first-order chi connectivity index (χ1) is 8.72. The van der Waals surface area contributed by atoms with E-state index in [0.717, 1.165) is 18.5 Å². The molecule has 0 aromatic heterocycles. The van der Waals surface area contributed by atoms with Crippen molar-refractivity contribution < 1.29 is 9.90 Å². The standard InChI is InChI=1S/C15H19NO2/c17-14-5-4-12-6-7-16(10-13(12)9-14)15(18)8-11-2-1-3-11/h4-5,9,11,17H,1-3,6-8,10H2. The molecule has 18 heavy (non-hydrogen) atoms. The fourth-order valence-corrected chi connectivity index (χ4v) is 2.83. The fourth-order valence-electron chi connectivity index (χ4n) is 2.83.